The molecule has 1 heterocycles. The molecule has 1 aromatic heterocycles. The maximum absolute atomic E-state index is 5.55. The molecule has 0 unspecified atom stereocenters. The molecule has 0 atom stereocenters. The van der Waals surface area contributed by atoms with Gasteiger partial charge in [-0.1, -0.05) is 15.9 Å². The van der Waals surface area contributed by atoms with Crippen molar-refractivity contribution >= 4 is 15.9 Å². The highest BCUT2D eigenvalue weighted by atomic mass is 79.9. The molecule has 0 amide bonds. The molecule has 0 aliphatic heterocycles. The minimum absolute atomic E-state index is 0.0749. The molecule has 0 radical (unpaired) electrons. The first kappa shape index (κ1) is 14.3. The summed E-state index contributed by atoms with van der Waals surface area (Å²) in [5.74, 6) is 0.662. The van der Waals surface area contributed by atoms with Crippen molar-refractivity contribution in [2.45, 2.75) is 39.8 Å². The summed E-state index contributed by atoms with van der Waals surface area (Å²) in [5, 5.41) is 3.39. The van der Waals surface area contributed by atoms with E-state index in [4.69, 9.17) is 4.42 Å². The van der Waals surface area contributed by atoms with Crippen LogP contribution in [0, 0.1) is 6.92 Å². The average Bonchev–Trinajstić information content (AvgIpc) is 2.72. The van der Waals surface area contributed by atoms with Crippen LogP contribution in [0.1, 0.15) is 32.0 Å². The van der Waals surface area contributed by atoms with Crippen molar-refractivity contribution in [2.75, 3.05) is 0 Å². The van der Waals surface area contributed by atoms with Crippen LogP contribution in [-0.2, 0) is 6.54 Å². The second-order valence-electron chi connectivity index (χ2n) is 5.76. The number of halogens is 1. The summed E-state index contributed by atoms with van der Waals surface area (Å²) < 4.78 is 6.59. The summed E-state index contributed by atoms with van der Waals surface area (Å²) in [6.07, 6.45) is 1.71. The molecule has 0 saturated carbocycles. The average molecular weight is 323 g/mol. The first-order valence-electron chi connectivity index (χ1n) is 6.30. The SMILES string of the molecule is Cc1cc(Br)cc(-c2nc(CNC(C)(C)C)co2)c1. The molecule has 1 N–H and O–H groups in total. The van der Waals surface area contributed by atoms with Crippen LogP contribution < -0.4 is 5.32 Å². The Bertz CT molecular complexity index is 550. The van der Waals surface area contributed by atoms with Crippen LogP contribution in [0.25, 0.3) is 11.5 Å². The van der Waals surface area contributed by atoms with Gasteiger partial charge in [0, 0.05) is 22.1 Å². The molecule has 2 rings (SSSR count). The number of hydrogen-bond donors (Lipinski definition) is 1. The van der Waals surface area contributed by atoms with Gasteiger partial charge in [0.15, 0.2) is 0 Å². The van der Waals surface area contributed by atoms with Gasteiger partial charge in [0.25, 0.3) is 0 Å². The largest absolute Gasteiger partial charge is 0.444 e. The lowest BCUT2D eigenvalue weighted by Crippen LogP contribution is -2.35. The minimum atomic E-state index is 0.0749. The molecule has 1 aromatic carbocycles. The van der Waals surface area contributed by atoms with E-state index < -0.39 is 0 Å². The molecule has 0 spiro atoms. The Labute approximate surface area is 122 Å². The van der Waals surface area contributed by atoms with Crippen molar-refractivity contribution in [3.8, 4) is 11.5 Å². The normalized spacial score (nSPS) is 11.8. The highest BCUT2D eigenvalue weighted by molar-refractivity contribution is 9.10. The van der Waals surface area contributed by atoms with Gasteiger partial charge in [-0.2, -0.15) is 0 Å². The van der Waals surface area contributed by atoms with Crippen LogP contribution in [0.3, 0.4) is 0 Å². The molecule has 0 saturated heterocycles. The molecule has 0 aliphatic carbocycles. The maximum Gasteiger partial charge on any atom is 0.226 e. The lowest BCUT2D eigenvalue weighted by molar-refractivity contribution is 0.421. The van der Waals surface area contributed by atoms with Gasteiger partial charge in [-0.3, -0.25) is 0 Å². The fourth-order valence-electron chi connectivity index (χ4n) is 1.74. The van der Waals surface area contributed by atoms with Gasteiger partial charge in [0.2, 0.25) is 5.89 Å². The molecular formula is C15H19BrN2O. The van der Waals surface area contributed by atoms with Crippen molar-refractivity contribution < 1.29 is 4.42 Å². The molecule has 19 heavy (non-hydrogen) atoms. The smallest absolute Gasteiger partial charge is 0.226 e. The van der Waals surface area contributed by atoms with Gasteiger partial charge in [0.05, 0.1) is 5.69 Å². The molecule has 102 valence electrons. The second kappa shape index (κ2) is 5.47. The van der Waals surface area contributed by atoms with Crippen LogP contribution in [0.15, 0.2) is 33.4 Å². The lowest BCUT2D eigenvalue weighted by atomic mass is 10.1. The zero-order chi connectivity index (χ0) is 14.0. The Morgan fingerprint density at radius 2 is 2.00 bits per heavy atom. The molecule has 0 fully saturated rings. The molecule has 4 heteroatoms. The van der Waals surface area contributed by atoms with Crippen LogP contribution in [-0.4, -0.2) is 10.5 Å². The van der Waals surface area contributed by atoms with Crippen LogP contribution in [0.2, 0.25) is 0 Å². The first-order valence-corrected chi connectivity index (χ1v) is 7.10. The molecule has 0 aliphatic rings. The molecule has 0 bridgehead atoms. The predicted molar refractivity (Wildman–Crippen MR) is 81.0 cm³/mol. The number of benzene rings is 1. The summed E-state index contributed by atoms with van der Waals surface area (Å²) in [4.78, 5) is 4.52. The van der Waals surface area contributed by atoms with Crippen molar-refractivity contribution in [1.82, 2.24) is 10.3 Å². The third-order valence-corrected chi connectivity index (χ3v) is 3.10. The van der Waals surface area contributed by atoms with Gasteiger partial charge in [0.1, 0.15) is 6.26 Å². The Kier molecular flexibility index (Phi) is 4.11. The van der Waals surface area contributed by atoms with Crippen molar-refractivity contribution in [3.63, 3.8) is 0 Å². The van der Waals surface area contributed by atoms with E-state index in [1.54, 1.807) is 6.26 Å². The summed E-state index contributed by atoms with van der Waals surface area (Å²) in [5.41, 5.74) is 3.17. The van der Waals surface area contributed by atoms with E-state index in [9.17, 15) is 0 Å². The fraction of sp³-hybridized carbons (Fsp3) is 0.400. The molecule has 3 nitrogen and oxygen atoms in total. The van der Waals surface area contributed by atoms with Crippen LogP contribution >= 0.6 is 15.9 Å². The van der Waals surface area contributed by atoms with E-state index in [2.05, 4.69) is 66.1 Å². The van der Waals surface area contributed by atoms with Crippen molar-refractivity contribution in [1.29, 1.82) is 0 Å². The Hall–Kier alpha value is -1.13. The van der Waals surface area contributed by atoms with Gasteiger partial charge >= 0.3 is 0 Å². The second-order valence-corrected chi connectivity index (χ2v) is 6.68. The lowest BCUT2D eigenvalue weighted by Gasteiger charge is -2.19. The Morgan fingerprint density at radius 3 is 2.63 bits per heavy atom. The Morgan fingerprint density at radius 1 is 1.26 bits per heavy atom. The highest BCUT2D eigenvalue weighted by Crippen LogP contribution is 2.24. The number of rotatable bonds is 3. The minimum Gasteiger partial charge on any atom is -0.444 e. The number of hydrogen-bond acceptors (Lipinski definition) is 3. The highest BCUT2D eigenvalue weighted by Gasteiger charge is 2.12. The van der Waals surface area contributed by atoms with Crippen molar-refractivity contribution in [3.05, 3.63) is 40.2 Å². The molecule has 2 aromatic rings. The van der Waals surface area contributed by atoms with E-state index in [0.29, 0.717) is 12.4 Å². The quantitative estimate of drug-likeness (QED) is 0.915. The van der Waals surface area contributed by atoms with E-state index in [0.717, 1.165) is 15.7 Å². The molecular weight excluding hydrogens is 304 g/mol. The first-order chi connectivity index (χ1) is 8.83. The number of oxazole rings is 1. The van der Waals surface area contributed by atoms with Crippen molar-refractivity contribution in [2.24, 2.45) is 0 Å². The number of nitrogens with one attached hydrogen (secondary N) is 1. The summed E-state index contributed by atoms with van der Waals surface area (Å²) >= 11 is 3.49. The topological polar surface area (TPSA) is 38.1 Å². The third kappa shape index (κ3) is 4.18. The van der Waals surface area contributed by atoms with E-state index in [-0.39, 0.29) is 5.54 Å². The van der Waals surface area contributed by atoms with Gasteiger partial charge in [-0.25, -0.2) is 4.98 Å². The third-order valence-electron chi connectivity index (χ3n) is 2.64. The van der Waals surface area contributed by atoms with E-state index in [1.165, 1.54) is 5.56 Å². The summed E-state index contributed by atoms with van der Waals surface area (Å²) in [6, 6.07) is 6.14. The summed E-state index contributed by atoms with van der Waals surface area (Å²) in [6.45, 7) is 9.16. The number of aromatic nitrogens is 1. The zero-order valence-corrected chi connectivity index (χ0v) is 13.3. The summed E-state index contributed by atoms with van der Waals surface area (Å²) in [7, 11) is 0. The maximum atomic E-state index is 5.55. The van der Waals surface area contributed by atoms with Gasteiger partial charge in [-0.15, -0.1) is 0 Å². The van der Waals surface area contributed by atoms with E-state index >= 15 is 0 Å². The van der Waals surface area contributed by atoms with Gasteiger partial charge < -0.3 is 9.73 Å². The predicted octanol–water partition coefficient (Wildman–Crippen LogP) is 4.30. The monoisotopic (exact) mass is 322 g/mol. The fourth-order valence-corrected chi connectivity index (χ4v) is 2.34. The standard InChI is InChI=1S/C15H19BrN2O/c1-10-5-11(7-12(16)6-10)14-18-13(9-19-14)8-17-15(2,3)4/h5-7,9,17H,8H2,1-4H3. The van der Waals surface area contributed by atoms with Crippen LogP contribution in [0.5, 0.6) is 0 Å². The number of nitrogens with zero attached hydrogens (tertiary/aromatic N) is 1. The number of aryl methyl sites for hydroxylation is 1. The van der Waals surface area contributed by atoms with E-state index in [1.807, 2.05) is 6.07 Å². The van der Waals surface area contributed by atoms with Gasteiger partial charge in [-0.05, 0) is 51.5 Å². The zero-order valence-electron chi connectivity index (χ0n) is 11.7. The van der Waals surface area contributed by atoms with Crippen LogP contribution in [0.4, 0.5) is 0 Å². The Balaban J connectivity index is 2.16.